The van der Waals surface area contributed by atoms with Crippen LogP contribution in [0.25, 0.3) is 11.4 Å². The van der Waals surface area contributed by atoms with Crippen molar-refractivity contribution < 1.29 is 17.7 Å². The fourth-order valence-corrected chi connectivity index (χ4v) is 3.10. The van der Waals surface area contributed by atoms with Gasteiger partial charge < -0.3 is 9.51 Å². The highest BCUT2D eigenvalue weighted by atomic mass is 35.5. The maximum Gasteiger partial charge on any atom is 0.449 e. The molecule has 0 saturated heterocycles. The number of hydrogen-bond donors (Lipinski definition) is 1. The Balaban J connectivity index is 1.50. The van der Waals surface area contributed by atoms with Crippen LogP contribution in [0.15, 0.2) is 33.6 Å². The number of halogens is 4. The summed E-state index contributed by atoms with van der Waals surface area (Å²) in [5.74, 6) is -0.530. The van der Waals surface area contributed by atoms with Gasteiger partial charge in [0.1, 0.15) is 0 Å². The molecule has 0 radical (unpaired) electrons. The van der Waals surface area contributed by atoms with E-state index in [1.165, 1.54) is 0 Å². The van der Waals surface area contributed by atoms with E-state index in [0.717, 1.165) is 5.56 Å². The van der Waals surface area contributed by atoms with Gasteiger partial charge in [-0.15, -0.1) is 0 Å². The van der Waals surface area contributed by atoms with E-state index >= 15 is 0 Å². The van der Waals surface area contributed by atoms with Crippen molar-refractivity contribution in [1.82, 2.24) is 25.0 Å². The van der Waals surface area contributed by atoms with Gasteiger partial charge in [0, 0.05) is 30.1 Å². The summed E-state index contributed by atoms with van der Waals surface area (Å²) in [6.07, 6.45) is -4.46. The second kappa shape index (κ2) is 7.02. The van der Waals surface area contributed by atoms with E-state index in [1.54, 1.807) is 24.3 Å². The van der Waals surface area contributed by atoms with Gasteiger partial charge in [0.2, 0.25) is 17.5 Å². The molecule has 3 heterocycles. The third-order valence-electron chi connectivity index (χ3n) is 4.35. The van der Waals surface area contributed by atoms with Crippen LogP contribution in [0.2, 0.25) is 5.02 Å². The Bertz CT molecular complexity index is 1060. The lowest BCUT2D eigenvalue weighted by atomic mass is 10.1. The molecule has 28 heavy (non-hydrogen) atoms. The topological polar surface area (TPSA) is 87.9 Å². The average Bonchev–Trinajstić information content (AvgIpc) is 3.10. The molecule has 1 aliphatic rings. The van der Waals surface area contributed by atoms with Gasteiger partial charge in [0.25, 0.3) is 5.56 Å². The van der Waals surface area contributed by atoms with Crippen LogP contribution >= 0.6 is 11.6 Å². The number of nitrogens with zero attached hydrogens (tertiary/aromatic N) is 4. The van der Waals surface area contributed by atoms with Crippen molar-refractivity contribution >= 4 is 11.6 Å². The van der Waals surface area contributed by atoms with Crippen LogP contribution in [-0.2, 0) is 25.7 Å². The number of alkyl halides is 3. The molecule has 1 aromatic carbocycles. The molecule has 4 rings (SSSR count). The third kappa shape index (κ3) is 3.78. The highest BCUT2D eigenvalue weighted by Crippen LogP contribution is 2.27. The van der Waals surface area contributed by atoms with Crippen molar-refractivity contribution in [3.05, 3.63) is 62.6 Å². The van der Waals surface area contributed by atoms with Gasteiger partial charge in [0.05, 0.1) is 17.8 Å². The zero-order chi connectivity index (χ0) is 19.9. The monoisotopic (exact) mass is 411 g/mol. The number of nitrogens with one attached hydrogen (secondary N) is 1. The number of rotatable bonds is 3. The van der Waals surface area contributed by atoms with Gasteiger partial charge in [-0.25, -0.2) is 4.98 Å². The van der Waals surface area contributed by atoms with Crippen LogP contribution in [0.5, 0.6) is 0 Å². The lowest BCUT2D eigenvalue weighted by Crippen LogP contribution is -2.36. The molecule has 0 aliphatic carbocycles. The quantitative estimate of drug-likeness (QED) is 0.712. The largest absolute Gasteiger partial charge is 0.449 e. The molecule has 0 fully saturated rings. The number of aromatic nitrogens is 4. The Kier molecular flexibility index (Phi) is 4.68. The molecule has 0 unspecified atom stereocenters. The lowest BCUT2D eigenvalue weighted by Gasteiger charge is -2.26. The van der Waals surface area contributed by atoms with Crippen LogP contribution in [0.1, 0.15) is 23.0 Å². The fraction of sp³-hybridized carbons (Fsp3) is 0.294. The van der Waals surface area contributed by atoms with Crippen LogP contribution in [0.4, 0.5) is 13.2 Å². The summed E-state index contributed by atoms with van der Waals surface area (Å²) >= 11 is 5.86. The Hall–Kier alpha value is -2.72. The zero-order valence-electron chi connectivity index (χ0n) is 14.3. The first-order chi connectivity index (χ1) is 13.3. The molecule has 1 N–H and O–H groups in total. The number of H-pyrrole nitrogens is 1. The SMILES string of the molecule is O=c1[nH]c(C(F)(F)F)nc2c1CN(Cc1nc(-c3ccc(Cl)cc3)no1)CC2. The molecule has 11 heteroatoms. The van der Waals surface area contributed by atoms with E-state index in [2.05, 4.69) is 15.1 Å². The minimum Gasteiger partial charge on any atom is -0.338 e. The van der Waals surface area contributed by atoms with Crippen molar-refractivity contribution in [3.8, 4) is 11.4 Å². The van der Waals surface area contributed by atoms with Crippen LogP contribution in [-0.4, -0.2) is 31.6 Å². The minimum absolute atomic E-state index is 0.147. The van der Waals surface area contributed by atoms with Crippen LogP contribution in [0, 0.1) is 0 Å². The minimum atomic E-state index is -4.69. The summed E-state index contributed by atoms with van der Waals surface area (Å²) in [5.41, 5.74) is 0.342. The van der Waals surface area contributed by atoms with Gasteiger partial charge in [-0.05, 0) is 24.3 Å². The Morgan fingerprint density at radius 2 is 1.96 bits per heavy atom. The summed E-state index contributed by atoms with van der Waals surface area (Å²) in [4.78, 5) is 23.6. The van der Waals surface area contributed by atoms with E-state index in [0.29, 0.717) is 23.3 Å². The third-order valence-corrected chi connectivity index (χ3v) is 4.60. The molecule has 0 amide bonds. The molecule has 0 spiro atoms. The van der Waals surface area contributed by atoms with E-state index in [1.807, 2.05) is 9.88 Å². The van der Waals surface area contributed by atoms with Crippen LogP contribution < -0.4 is 5.56 Å². The number of aromatic amines is 1. The van der Waals surface area contributed by atoms with Crippen molar-refractivity contribution in [2.75, 3.05) is 6.54 Å². The molecule has 0 bridgehead atoms. The van der Waals surface area contributed by atoms with Crippen LogP contribution in [0.3, 0.4) is 0 Å². The average molecular weight is 412 g/mol. The smallest absolute Gasteiger partial charge is 0.338 e. The first-order valence-corrected chi connectivity index (χ1v) is 8.67. The molecule has 0 atom stereocenters. The van der Waals surface area contributed by atoms with Gasteiger partial charge in [-0.1, -0.05) is 16.8 Å². The summed E-state index contributed by atoms with van der Waals surface area (Å²) in [5, 5.41) is 4.51. The van der Waals surface area contributed by atoms with Crippen molar-refractivity contribution in [1.29, 1.82) is 0 Å². The first-order valence-electron chi connectivity index (χ1n) is 8.30. The lowest BCUT2D eigenvalue weighted by molar-refractivity contribution is -0.145. The molecule has 7 nitrogen and oxygen atoms in total. The maximum absolute atomic E-state index is 12.8. The van der Waals surface area contributed by atoms with E-state index in [4.69, 9.17) is 16.1 Å². The Morgan fingerprint density at radius 3 is 2.68 bits per heavy atom. The number of benzene rings is 1. The zero-order valence-corrected chi connectivity index (χ0v) is 15.0. The Labute approximate surface area is 161 Å². The molecule has 3 aromatic rings. The Morgan fingerprint density at radius 1 is 1.21 bits per heavy atom. The molecule has 1 aliphatic heterocycles. The van der Waals surface area contributed by atoms with E-state index in [9.17, 15) is 18.0 Å². The first kappa shape index (κ1) is 18.6. The van der Waals surface area contributed by atoms with Crippen molar-refractivity contribution in [3.63, 3.8) is 0 Å². The van der Waals surface area contributed by atoms with Gasteiger partial charge >= 0.3 is 6.18 Å². The number of hydrogen-bond acceptors (Lipinski definition) is 6. The van der Waals surface area contributed by atoms with Gasteiger partial charge in [-0.2, -0.15) is 18.2 Å². The van der Waals surface area contributed by atoms with Gasteiger partial charge in [0.15, 0.2) is 0 Å². The van der Waals surface area contributed by atoms with Gasteiger partial charge in [-0.3, -0.25) is 9.69 Å². The maximum atomic E-state index is 12.8. The number of fused-ring (bicyclic) bond motifs is 1. The highest BCUT2D eigenvalue weighted by Gasteiger charge is 2.36. The molecule has 146 valence electrons. The predicted molar refractivity (Wildman–Crippen MR) is 92.4 cm³/mol. The standard InChI is InChI=1S/C17H13ClF3N5O2/c18-10-3-1-9(2-4-10)14-23-13(28-25-14)8-26-6-5-12-11(7-26)15(27)24-16(22-12)17(19,20)21/h1-4H,5-8H2,(H,22,24,27). The summed E-state index contributed by atoms with van der Waals surface area (Å²) < 4.78 is 43.6. The molecule has 2 aromatic heterocycles. The second-order valence-corrected chi connectivity index (χ2v) is 6.75. The normalized spacial score (nSPS) is 14.9. The van der Waals surface area contributed by atoms with Crippen molar-refractivity contribution in [2.24, 2.45) is 0 Å². The van der Waals surface area contributed by atoms with Crippen molar-refractivity contribution in [2.45, 2.75) is 25.7 Å². The summed E-state index contributed by atoms with van der Waals surface area (Å²) in [6, 6.07) is 6.95. The predicted octanol–water partition coefficient (Wildman–Crippen LogP) is 3.05. The van der Waals surface area contributed by atoms with E-state index < -0.39 is 17.6 Å². The summed E-state index contributed by atoms with van der Waals surface area (Å²) in [7, 11) is 0. The highest BCUT2D eigenvalue weighted by molar-refractivity contribution is 6.30. The summed E-state index contributed by atoms with van der Waals surface area (Å²) in [6.45, 7) is 0.828. The fourth-order valence-electron chi connectivity index (χ4n) is 2.98. The molecular weight excluding hydrogens is 399 g/mol. The molecular formula is C17H13ClF3N5O2. The molecule has 0 saturated carbocycles. The second-order valence-electron chi connectivity index (χ2n) is 6.32. The van der Waals surface area contributed by atoms with E-state index in [-0.39, 0.29) is 30.8 Å².